The van der Waals surface area contributed by atoms with Gasteiger partial charge in [-0.25, -0.2) is 4.98 Å². The molecule has 2 aromatic carbocycles. The van der Waals surface area contributed by atoms with E-state index in [0.717, 1.165) is 0 Å². The SMILES string of the molecule is COc1ccc(-c2nc3ccccc3c(=O)n2NC(=O)c2cccnc2)cc1. The molecule has 0 fully saturated rings. The third kappa shape index (κ3) is 3.21. The summed E-state index contributed by atoms with van der Waals surface area (Å²) in [5, 5.41) is 0.409. The largest absolute Gasteiger partial charge is 0.497 e. The van der Waals surface area contributed by atoms with Crippen molar-refractivity contribution in [3.63, 3.8) is 0 Å². The van der Waals surface area contributed by atoms with Gasteiger partial charge in [0, 0.05) is 18.0 Å². The van der Waals surface area contributed by atoms with Crippen LogP contribution in [0.3, 0.4) is 0 Å². The summed E-state index contributed by atoms with van der Waals surface area (Å²) in [5.41, 5.74) is 3.82. The van der Waals surface area contributed by atoms with Gasteiger partial charge in [-0.15, -0.1) is 0 Å². The van der Waals surface area contributed by atoms with Crippen LogP contribution in [0.1, 0.15) is 10.4 Å². The first kappa shape index (κ1) is 17.4. The molecule has 7 nitrogen and oxygen atoms in total. The van der Waals surface area contributed by atoms with Gasteiger partial charge in [0.15, 0.2) is 5.82 Å². The lowest BCUT2D eigenvalue weighted by atomic mass is 10.2. The number of hydrogen-bond acceptors (Lipinski definition) is 5. The van der Waals surface area contributed by atoms with Crippen LogP contribution < -0.4 is 15.7 Å². The minimum absolute atomic E-state index is 0.323. The van der Waals surface area contributed by atoms with E-state index in [-0.39, 0.29) is 5.56 Å². The van der Waals surface area contributed by atoms with Crippen LogP contribution in [-0.4, -0.2) is 27.7 Å². The molecule has 138 valence electrons. The molecule has 0 saturated heterocycles. The van der Waals surface area contributed by atoms with Gasteiger partial charge in [0.25, 0.3) is 11.5 Å². The number of fused-ring (bicyclic) bond motifs is 1. The van der Waals surface area contributed by atoms with Crippen LogP contribution in [0.4, 0.5) is 0 Å². The maximum Gasteiger partial charge on any atom is 0.280 e. The van der Waals surface area contributed by atoms with Crippen molar-refractivity contribution < 1.29 is 9.53 Å². The number of nitrogens with zero attached hydrogens (tertiary/aromatic N) is 3. The van der Waals surface area contributed by atoms with Crippen molar-refractivity contribution in [1.29, 1.82) is 0 Å². The molecule has 0 bridgehead atoms. The van der Waals surface area contributed by atoms with Crippen molar-refractivity contribution in [2.75, 3.05) is 12.5 Å². The van der Waals surface area contributed by atoms with E-state index >= 15 is 0 Å². The zero-order chi connectivity index (χ0) is 19.5. The number of amides is 1. The molecule has 0 spiro atoms. The van der Waals surface area contributed by atoms with E-state index in [1.807, 2.05) is 6.07 Å². The maximum absolute atomic E-state index is 13.1. The fourth-order valence-electron chi connectivity index (χ4n) is 2.83. The first-order valence-corrected chi connectivity index (χ1v) is 8.55. The highest BCUT2D eigenvalue weighted by atomic mass is 16.5. The van der Waals surface area contributed by atoms with E-state index in [1.165, 1.54) is 10.9 Å². The second-order valence-corrected chi connectivity index (χ2v) is 6.00. The first-order valence-electron chi connectivity index (χ1n) is 8.55. The molecule has 1 amide bonds. The third-order valence-electron chi connectivity index (χ3n) is 4.26. The molecule has 0 aliphatic rings. The summed E-state index contributed by atoms with van der Waals surface area (Å²) in [6, 6.07) is 17.4. The third-order valence-corrected chi connectivity index (χ3v) is 4.26. The summed E-state index contributed by atoms with van der Waals surface area (Å²) in [4.78, 5) is 34.3. The normalized spacial score (nSPS) is 10.6. The smallest absolute Gasteiger partial charge is 0.280 e. The summed E-state index contributed by atoms with van der Waals surface area (Å²) in [7, 11) is 1.58. The molecule has 1 N–H and O–H groups in total. The van der Waals surface area contributed by atoms with E-state index in [9.17, 15) is 9.59 Å². The Morgan fingerprint density at radius 3 is 2.54 bits per heavy atom. The number of hydrogen-bond donors (Lipinski definition) is 1. The van der Waals surface area contributed by atoms with Gasteiger partial charge in [-0.2, -0.15) is 4.68 Å². The van der Waals surface area contributed by atoms with Gasteiger partial charge in [-0.3, -0.25) is 20.0 Å². The average molecular weight is 372 g/mol. The predicted molar refractivity (Wildman–Crippen MR) is 106 cm³/mol. The molecule has 0 unspecified atom stereocenters. The Bertz CT molecular complexity index is 1200. The molecule has 0 aliphatic heterocycles. The fourth-order valence-corrected chi connectivity index (χ4v) is 2.83. The standard InChI is InChI=1S/C21H16N4O3/c1-28-16-10-8-14(9-11-16)19-23-18-7-3-2-6-17(18)21(27)25(19)24-20(26)15-5-4-12-22-13-15/h2-13H,1H3,(H,24,26). The number of para-hydroxylation sites is 1. The van der Waals surface area contributed by atoms with E-state index in [2.05, 4.69) is 15.4 Å². The number of methoxy groups -OCH3 is 1. The van der Waals surface area contributed by atoms with Gasteiger partial charge in [0.2, 0.25) is 0 Å². The summed E-state index contributed by atoms with van der Waals surface area (Å²) >= 11 is 0. The zero-order valence-corrected chi connectivity index (χ0v) is 15.0. The molecule has 0 aliphatic carbocycles. The molecule has 0 radical (unpaired) electrons. The topological polar surface area (TPSA) is 86.1 Å². The van der Waals surface area contributed by atoms with Crippen LogP contribution in [0, 0.1) is 0 Å². The molecule has 0 atom stereocenters. The van der Waals surface area contributed by atoms with E-state index in [0.29, 0.717) is 33.6 Å². The molecule has 4 rings (SSSR count). The molecule has 0 saturated carbocycles. The number of rotatable bonds is 4. The highest BCUT2D eigenvalue weighted by Gasteiger charge is 2.16. The second-order valence-electron chi connectivity index (χ2n) is 6.00. The molecule has 7 heteroatoms. The monoisotopic (exact) mass is 372 g/mol. The number of carbonyl (C=O) groups excluding carboxylic acids is 1. The molecule has 2 aromatic heterocycles. The number of pyridine rings is 1. The van der Waals surface area contributed by atoms with Crippen molar-refractivity contribution in [2.45, 2.75) is 0 Å². The number of nitrogens with one attached hydrogen (secondary N) is 1. The van der Waals surface area contributed by atoms with Gasteiger partial charge < -0.3 is 4.74 Å². The molecule has 2 heterocycles. The van der Waals surface area contributed by atoms with Crippen LogP contribution in [0.5, 0.6) is 5.75 Å². The van der Waals surface area contributed by atoms with Gasteiger partial charge >= 0.3 is 0 Å². The highest BCUT2D eigenvalue weighted by Crippen LogP contribution is 2.21. The van der Waals surface area contributed by atoms with Gasteiger partial charge in [-0.05, 0) is 48.5 Å². The van der Waals surface area contributed by atoms with Crippen molar-refractivity contribution in [3.05, 3.63) is 89.0 Å². The van der Waals surface area contributed by atoms with Crippen LogP contribution in [0.15, 0.2) is 77.9 Å². The van der Waals surface area contributed by atoms with Gasteiger partial charge in [0.1, 0.15) is 5.75 Å². The zero-order valence-electron chi connectivity index (χ0n) is 15.0. The number of ether oxygens (including phenoxy) is 1. The van der Waals surface area contributed by atoms with Crippen LogP contribution in [0.25, 0.3) is 22.3 Å². The highest BCUT2D eigenvalue weighted by molar-refractivity contribution is 6.00. The van der Waals surface area contributed by atoms with Crippen molar-refractivity contribution in [3.8, 4) is 17.1 Å². The van der Waals surface area contributed by atoms with E-state index in [1.54, 1.807) is 67.9 Å². The number of carbonyl (C=O) groups is 1. The Labute approximate surface area is 160 Å². The van der Waals surface area contributed by atoms with Gasteiger partial charge in [-0.1, -0.05) is 12.1 Å². The minimum atomic E-state index is -0.456. The average Bonchev–Trinajstić information content (AvgIpc) is 2.76. The molecular weight excluding hydrogens is 356 g/mol. The Morgan fingerprint density at radius 1 is 1.04 bits per heavy atom. The van der Waals surface area contributed by atoms with Crippen LogP contribution in [-0.2, 0) is 0 Å². The van der Waals surface area contributed by atoms with Crippen LogP contribution >= 0.6 is 0 Å². The summed E-state index contributed by atoms with van der Waals surface area (Å²) in [6.07, 6.45) is 3.01. The molecule has 4 aromatic rings. The van der Waals surface area contributed by atoms with Crippen molar-refractivity contribution in [1.82, 2.24) is 14.6 Å². The summed E-state index contributed by atoms with van der Waals surface area (Å²) < 4.78 is 6.35. The van der Waals surface area contributed by atoms with Crippen molar-refractivity contribution >= 4 is 16.8 Å². The second kappa shape index (κ2) is 7.32. The number of aromatic nitrogens is 3. The predicted octanol–water partition coefficient (Wildman–Crippen LogP) is 2.85. The molecular formula is C21H16N4O3. The summed E-state index contributed by atoms with van der Waals surface area (Å²) in [5.74, 6) is 0.545. The quantitative estimate of drug-likeness (QED) is 0.595. The van der Waals surface area contributed by atoms with E-state index < -0.39 is 5.91 Å². The Balaban J connectivity index is 1.88. The lowest BCUT2D eigenvalue weighted by Crippen LogP contribution is -2.35. The van der Waals surface area contributed by atoms with Gasteiger partial charge in [0.05, 0.1) is 23.6 Å². The Morgan fingerprint density at radius 2 is 1.82 bits per heavy atom. The Kier molecular flexibility index (Phi) is 4.55. The lowest BCUT2D eigenvalue weighted by molar-refractivity contribution is 0.101. The first-order chi connectivity index (χ1) is 13.7. The number of benzene rings is 2. The summed E-state index contributed by atoms with van der Waals surface area (Å²) in [6.45, 7) is 0. The van der Waals surface area contributed by atoms with E-state index in [4.69, 9.17) is 4.74 Å². The van der Waals surface area contributed by atoms with Crippen molar-refractivity contribution in [2.24, 2.45) is 0 Å². The maximum atomic E-state index is 13.1. The molecule has 28 heavy (non-hydrogen) atoms. The minimum Gasteiger partial charge on any atom is -0.497 e. The van der Waals surface area contributed by atoms with Crippen LogP contribution in [0.2, 0.25) is 0 Å². The lowest BCUT2D eigenvalue weighted by Gasteiger charge is -2.15. The fraction of sp³-hybridized carbons (Fsp3) is 0.0476. The Hall–Kier alpha value is -4.00.